The molecule has 0 aliphatic heterocycles. The normalized spacial score (nSPS) is 13.9. The van der Waals surface area contributed by atoms with Gasteiger partial charge in [0.1, 0.15) is 12.7 Å². The first-order chi connectivity index (χ1) is 36.2. The van der Waals surface area contributed by atoms with Crippen LogP contribution in [0.5, 0.6) is 0 Å². The van der Waals surface area contributed by atoms with E-state index in [1.54, 1.807) is 0 Å². The second-order valence-corrected chi connectivity index (χ2v) is 21.2. The lowest BCUT2D eigenvalue weighted by Gasteiger charge is -2.21. The SMILES string of the molecule is CC/C=C\C/C=C\C/C=C\C/C=C\CCC(=O)OCC(COP(=O)(O)OCC(CO)OC(=O)CCCCCCCCCCCCCCCCCCC)OC(=O)CCCCCCCCC/C=C\C/C=C\CCCCC. The predicted molar refractivity (Wildman–Crippen MR) is 307 cm³/mol. The maximum Gasteiger partial charge on any atom is 0.472 e. The molecule has 0 rings (SSSR count). The van der Waals surface area contributed by atoms with E-state index in [0.717, 1.165) is 83.5 Å². The fourth-order valence-corrected chi connectivity index (χ4v) is 8.89. The second-order valence-electron chi connectivity index (χ2n) is 19.8. The van der Waals surface area contributed by atoms with Crippen LogP contribution in [0.25, 0.3) is 0 Å². The summed E-state index contributed by atoms with van der Waals surface area (Å²) in [4.78, 5) is 48.5. The molecule has 0 radical (unpaired) electrons. The molecule has 428 valence electrons. The van der Waals surface area contributed by atoms with Gasteiger partial charge in [-0.3, -0.25) is 23.4 Å². The number of hydrogen-bond donors (Lipinski definition) is 2. The Morgan fingerprint density at radius 2 is 0.730 bits per heavy atom. The van der Waals surface area contributed by atoms with Gasteiger partial charge in [-0.05, 0) is 77.0 Å². The van der Waals surface area contributed by atoms with Gasteiger partial charge >= 0.3 is 25.7 Å². The summed E-state index contributed by atoms with van der Waals surface area (Å²) in [5.41, 5.74) is 0. The Morgan fingerprint density at radius 3 is 1.16 bits per heavy atom. The van der Waals surface area contributed by atoms with Crippen LogP contribution in [0.3, 0.4) is 0 Å². The van der Waals surface area contributed by atoms with Crippen LogP contribution in [-0.2, 0) is 42.2 Å². The number of phosphoric ester groups is 1. The Labute approximate surface area is 452 Å². The molecular formula is C62H109O11P. The fraction of sp³-hybridized carbons (Fsp3) is 0.758. The van der Waals surface area contributed by atoms with Crippen LogP contribution in [0, 0.1) is 0 Å². The van der Waals surface area contributed by atoms with Crippen LogP contribution in [-0.4, -0.2) is 66.5 Å². The summed E-state index contributed by atoms with van der Waals surface area (Å²) in [5, 5.41) is 9.83. The summed E-state index contributed by atoms with van der Waals surface area (Å²) < 4.78 is 39.5. The summed E-state index contributed by atoms with van der Waals surface area (Å²) in [6, 6.07) is 0. The number of carbonyl (C=O) groups excluding carboxylic acids is 3. The van der Waals surface area contributed by atoms with E-state index in [-0.39, 0.29) is 25.9 Å². The zero-order valence-electron chi connectivity index (χ0n) is 47.3. The molecule has 0 aromatic rings. The van der Waals surface area contributed by atoms with Crippen molar-refractivity contribution in [3.8, 4) is 0 Å². The smallest absolute Gasteiger partial charge is 0.462 e. The number of hydrogen-bond acceptors (Lipinski definition) is 10. The lowest BCUT2D eigenvalue weighted by atomic mass is 10.0. The third kappa shape index (κ3) is 53.7. The molecule has 2 N–H and O–H groups in total. The van der Waals surface area contributed by atoms with Gasteiger partial charge in [-0.1, -0.05) is 241 Å². The molecule has 12 heteroatoms. The van der Waals surface area contributed by atoms with Crippen LogP contribution >= 0.6 is 7.82 Å². The van der Waals surface area contributed by atoms with Crippen LogP contribution in [0.1, 0.15) is 265 Å². The molecule has 0 heterocycles. The van der Waals surface area contributed by atoms with Crippen molar-refractivity contribution in [2.75, 3.05) is 26.4 Å². The average molecular weight is 1060 g/mol. The molecule has 0 saturated carbocycles. The number of aliphatic hydroxyl groups excluding tert-OH is 1. The van der Waals surface area contributed by atoms with Crippen molar-refractivity contribution in [2.24, 2.45) is 0 Å². The first-order valence-corrected chi connectivity index (χ1v) is 31.3. The number of aliphatic hydroxyl groups is 1. The molecule has 0 aliphatic rings. The van der Waals surface area contributed by atoms with Gasteiger partial charge < -0.3 is 24.2 Å². The highest BCUT2D eigenvalue weighted by Gasteiger charge is 2.28. The molecule has 0 aromatic heterocycles. The van der Waals surface area contributed by atoms with Crippen LogP contribution < -0.4 is 0 Å². The molecule has 3 atom stereocenters. The zero-order chi connectivity index (χ0) is 54.1. The van der Waals surface area contributed by atoms with Gasteiger partial charge in [0, 0.05) is 19.3 Å². The van der Waals surface area contributed by atoms with Crippen molar-refractivity contribution in [3.63, 3.8) is 0 Å². The Morgan fingerprint density at radius 1 is 0.392 bits per heavy atom. The van der Waals surface area contributed by atoms with Gasteiger partial charge in [-0.2, -0.15) is 0 Å². The minimum absolute atomic E-state index is 0.103. The maximum absolute atomic E-state index is 12.9. The molecule has 3 unspecified atom stereocenters. The largest absolute Gasteiger partial charge is 0.472 e. The lowest BCUT2D eigenvalue weighted by molar-refractivity contribution is -0.161. The topological polar surface area (TPSA) is 155 Å². The van der Waals surface area contributed by atoms with Gasteiger partial charge in [0.25, 0.3) is 0 Å². The fourth-order valence-electron chi connectivity index (χ4n) is 8.11. The van der Waals surface area contributed by atoms with Gasteiger partial charge in [0.15, 0.2) is 6.10 Å². The van der Waals surface area contributed by atoms with E-state index < -0.39 is 57.8 Å². The lowest BCUT2D eigenvalue weighted by Crippen LogP contribution is -2.30. The van der Waals surface area contributed by atoms with E-state index >= 15 is 0 Å². The highest BCUT2D eigenvalue weighted by Crippen LogP contribution is 2.43. The summed E-state index contributed by atoms with van der Waals surface area (Å²) in [6.45, 7) is 4.44. The third-order valence-corrected chi connectivity index (χ3v) is 13.6. The minimum Gasteiger partial charge on any atom is -0.462 e. The van der Waals surface area contributed by atoms with Crippen molar-refractivity contribution >= 4 is 25.7 Å². The van der Waals surface area contributed by atoms with Crippen LogP contribution in [0.2, 0.25) is 0 Å². The Kier molecular flexibility index (Phi) is 53.8. The summed E-state index contributed by atoms with van der Waals surface area (Å²) in [6.07, 6.45) is 63.0. The van der Waals surface area contributed by atoms with E-state index in [9.17, 15) is 28.9 Å². The van der Waals surface area contributed by atoms with Crippen LogP contribution in [0.4, 0.5) is 0 Å². The highest BCUT2D eigenvalue weighted by atomic mass is 31.2. The zero-order valence-corrected chi connectivity index (χ0v) is 48.2. The van der Waals surface area contributed by atoms with E-state index in [1.165, 1.54) is 122 Å². The molecule has 0 aromatic carbocycles. The third-order valence-electron chi connectivity index (χ3n) is 12.6. The molecule has 0 spiro atoms. The summed E-state index contributed by atoms with van der Waals surface area (Å²) in [5.74, 6) is -1.56. The van der Waals surface area contributed by atoms with E-state index in [4.69, 9.17) is 23.3 Å². The summed E-state index contributed by atoms with van der Waals surface area (Å²) in [7, 11) is -4.76. The van der Waals surface area contributed by atoms with Crippen LogP contribution in [0.15, 0.2) is 72.9 Å². The van der Waals surface area contributed by atoms with Gasteiger partial charge in [0.2, 0.25) is 0 Å². The number of ether oxygens (including phenoxy) is 3. The van der Waals surface area contributed by atoms with Crippen molar-refractivity contribution < 1.29 is 52.2 Å². The second kappa shape index (κ2) is 56.1. The minimum atomic E-state index is -4.76. The van der Waals surface area contributed by atoms with Crippen molar-refractivity contribution in [1.29, 1.82) is 0 Å². The maximum atomic E-state index is 12.9. The van der Waals surface area contributed by atoms with E-state index in [2.05, 4.69) is 81.5 Å². The van der Waals surface area contributed by atoms with Crippen molar-refractivity contribution in [3.05, 3.63) is 72.9 Å². The van der Waals surface area contributed by atoms with Gasteiger partial charge in [-0.15, -0.1) is 0 Å². The highest BCUT2D eigenvalue weighted by molar-refractivity contribution is 7.47. The number of esters is 3. The standard InChI is InChI=1S/C62H109O11P/c1-4-7-10-13-16-19-22-25-27-29-31-34-37-40-43-46-49-52-61(65)72-58(54-63)56-70-74(67,68)71-57-59(55-69-60(64)51-48-45-42-39-36-33-24-21-18-15-12-9-6-3)73-62(66)53-50-47-44-41-38-35-32-30-28-26-23-20-17-14-11-8-5-2/h9,12,17-18,20-21,26,28,33,36,42,45,58-59,63H,4-8,10-11,13-16,19,22-25,27,29-32,34-35,37-41,43-44,46-57H2,1-3H3,(H,67,68)/b12-9-,20-17-,21-18-,28-26-,36-33-,45-42-. The Bertz CT molecular complexity index is 1520. The number of carbonyl (C=O) groups is 3. The quantitative estimate of drug-likeness (QED) is 0.0197. The first-order valence-electron chi connectivity index (χ1n) is 29.8. The number of allylic oxidation sites excluding steroid dienone is 12. The molecule has 0 bridgehead atoms. The Hall–Kier alpha value is -3.08. The van der Waals surface area contributed by atoms with Gasteiger partial charge in [-0.25, -0.2) is 4.57 Å². The molecule has 0 amide bonds. The van der Waals surface area contributed by atoms with E-state index in [1.807, 2.05) is 12.2 Å². The van der Waals surface area contributed by atoms with E-state index in [0.29, 0.717) is 19.3 Å². The van der Waals surface area contributed by atoms with Crippen molar-refractivity contribution in [1.82, 2.24) is 0 Å². The number of phosphoric acid groups is 1. The summed E-state index contributed by atoms with van der Waals surface area (Å²) >= 11 is 0. The molecule has 0 fully saturated rings. The molecular weight excluding hydrogens is 952 g/mol. The average Bonchev–Trinajstić information content (AvgIpc) is 3.39. The first kappa shape index (κ1) is 70.9. The molecule has 0 saturated heterocycles. The number of unbranched alkanes of at least 4 members (excludes halogenated alkanes) is 26. The monoisotopic (exact) mass is 1060 g/mol. The Balaban J connectivity index is 4.73. The number of rotatable bonds is 55. The molecule has 11 nitrogen and oxygen atoms in total. The predicted octanol–water partition coefficient (Wildman–Crippen LogP) is 17.7. The van der Waals surface area contributed by atoms with Gasteiger partial charge in [0.05, 0.1) is 19.8 Å². The molecule has 74 heavy (non-hydrogen) atoms. The molecule has 0 aliphatic carbocycles. The van der Waals surface area contributed by atoms with Crippen molar-refractivity contribution in [2.45, 2.75) is 277 Å².